The van der Waals surface area contributed by atoms with Gasteiger partial charge >= 0.3 is 0 Å². The van der Waals surface area contributed by atoms with E-state index in [2.05, 4.69) is 25.2 Å². The molecule has 0 spiro atoms. The number of carbonyl (C=O) groups excluding carboxylic acids is 1. The summed E-state index contributed by atoms with van der Waals surface area (Å²) in [5.74, 6) is 1.36. The summed E-state index contributed by atoms with van der Waals surface area (Å²) < 4.78 is 0. The molecule has 2 aliphatic rings. The second-order valence-corrected chi connectivity index (χ2v) is 6.40. The third kappa shape index (κ3) is 3.08. The summed E-state index contributed by atoms with van der Waals surface area (Å²) in [5, 5.41) is 3.07. The lowest BCUT2D eigenvalue weighted by atomic mass is 9.72. The van der Waals surface area contributed by atoms with Crippen molar-refractivity contribution in [3.63, 3.8) is 0 Å². The van der Waals surface area contributed by atoms with Gasteiger partial charge in [0.1, 0.15) is 0 Å². The summed E-state index contributed by atoms with van der Waals surface area (Å²) in [7, 11) is 0. The normalized spacial score (nSPS) is 36.7. The van der Waals surface area contributed by atoms with Gasteiger partial charge in [0.25, 0.3) is 0 Å². The molecule has 0 aromatic rings. The maximum absolute atomic E-state index is 11.7. The molecule has 0 fully saturated rings. The summed E-state index contributed by atoms with van der Waals surface area (Å²) in [6.45, 7) is 6.57. The molecule has 0 saturated carbocycles. The van der Waals surface area contributed by atoms with E-state index in [9.17, 15) is 4.79 Å². The van der Waals surface area contributed by atoms with Crippen LogP contribution in [0.3, 0.4) is 0 Å². The predicted octanol–water partition coefficient (Wildman–Crippen LogP) is 2.88. The molecule has 0 saturated heterocycles. The topological polar surface area (TPSA) is 55.1 Å². The minimum absolute atomic E-state index is 0.141. The number of hydrogen-bond donors (Lipinski definition) is 2. The van der Waals surface area contributed by atoms with Gasteiger partial charge in [-0.15, -0.1) is 0 Å². The molecule has 3 nitrogen and oxygen atoms in total. The molecule has 0 radical (unpaired) electrons. The van der Waals surface area contributed by atoms with Crippen LogP contribution >= 0.6 is 0 Å². The fourth-order valence-electron chi connectivity index (χ4n) is 3.75. The highest BCUT2D eigenvalue weighted by atomic mass is 16.1. The Morgan fingerprint density at radius 2 is 2.05 bits per heavy atom. The number of carbonyl (C=O) groups is 1. The van der Waals surface area contributed by atoms with Gasteiger partial charge in [-0.2, -0.15) is 0 Å². The minimum Gasteiger partial charge on any atom is -0.330 e. The maximum Gasteiger partial charge on any atom is 0.224 e. The number of nitrogens with two attached hydrogens (primary N) is 1. The summed E-state index contributed by atoms with van der Waals surface area (Å²) in [4.78, 5) is 11.7. The zero-order valence-corrected chi connectivity index (χ0v) is 12.3. The van der Waals surface area contributed by atoms with Gasteiger partial charge in [0, 0.05) is 12.1 Å². The molecule has 106 valence electrons. The molecule has 2 rings (SSSR count). The first-order chi connectivity index (χ1) is 8.94. The molecule has 1 aliphatic carbocycles. The van der Waals surface area contributed by atoms with E-state index < -0.39 is 0 Å². The Balaban J connectivity index is 2.44. The van der Waals surface area contributed by atoms with Crippen LogP contribution in [0.4, 0.5) is 0 Å². The highest BCUT2D eigenvalue weighted by molar-refractivity contribution is 5.80. The average molecular weight is 262 g/mol. The first-order valence-electron chi connectivity index (χ1n) is 7.39. The molecule has 1 aliphatic heterocycles. The third-order valence-electron chi connectivity index (χ3n) is 4.33. The van der Waals surface area contributed by atoms with Gasteiger partial charge in [-0.25, -0.2) is 0 Å². The summed E-state index contributed by atoms with van der Waals surface area (Å²) in [5.41, 5.74) is 8.65. The van der Waals surface area contributed by atoms with Gasteiger partial charge < -0.3 is 11.1 Å². The van der Waals surface area contributed by atoms with Gasteiger partial charge in [-0.3, -0.25) is 4.79 Å². The van der Waals surface area contributed by atoms with E-state index in [4.69, 9.17) is 5.73 Å². The lowest BCUT2D eigenvalue weighted by molar-refractivity contribution is -0.120. The molecular formula is C16H26N2O. The molecule has 19 heavy (non-hydrogen) atoms. The van der Waals surface area contributed by atoms with Crippen LogP contribution in [0.2, 0.25) is 0 Å². The molecule has 0 aromatic heterocycles. The fraction of sp³-hybridized carbons (Fsp3) is 0.688. The zero-order valence-electron chi connectivity index (χ0n) is 12.3. The Hall–Kier alpha value is -1.09. The van der Waals surface area contributed by atoms with Crippen LogP contribution in [0.5, 0.6) is 0 Å². The van der Waals surface area contributed by atoms with Gasteiger partial charge in [0.15, 0.2) is 0 Å². The lowest BCUT2D eigenvalue weighted by Gasteiger charge is -2.39. The molecule has 3 heteroatoms. The van der Waals surface area contributed by atoms with E-state index in [-0.39, 0.29) is 11.4 Å². The van der Waals surface area contributed by atoms with E-state index >= 15 is 0 Å². The van der Waals surface area contributed by atoms with Crippen LogP contribution in [0, 0.1) is 11.8 Å². The number of amides is 1. The first kappa shape index (κ1) is 14.3. The van der Waals surface area contributed by atoms with Crippen molar-refractivity contribution in [2.45, 2.75) is 58.4 Å². The van der Waals surface area contributed by atoms with Crippen molar-refractivity contribution in [2.24, 2.45) is 17.6 Å². The largest absolute Gasteiger partial charge is 0.330 e. The number of rotatable bonds is 1. The van der Waals surface area contributed by atoms with Crippen LogP contribution in [-0.2, 0) is 4.79 Å². The molecule has 1 amide bonds. The third-order valence-corrected chi connectivity index (χ3v) is 4.33. The Bertz CT molecular complexity index is 424. The van der Waals surface area contributed by atoms with E-state index in [0.29, 0.717) is 18.3 Å². The molecule has 0 aromatic carbocycles. The molecular weight excluding hydrogens is 236 g/mol. The van der Waals surface area contributed by atoms with Crippen molar-refractivity contribution < 1.29 is 4.79 Å². The smallest absolute Gasteiger partial charge is 0.224 e. The van der Waals surface area contributed by atoms with Crippen molar-refractivity contribution in [3.8, 4) is 0 Å². The average Bonchev–Trinajstić information content (AvgIpc) is 2.26. The van der Waals surface area contributed by atoms with E-state index in [1.165, 1.54) is 12.0 Å². The van der Waals surface area contributed by atoms with Crippen molar-refractivity contribution in [1.29, 1.82) is 0 Å². The van der Waals surface area contributed by atoms with E-state index in [0.717, 1.165) is 25.0 Å². The van der Waals surface area contributed by atoms with Crippen LogP contribution < -0.4 is 11.1 Å². The summed E-state index contributed by atoms with van der Waals surface area (Å²) >= 11 is 0. The summed E-state index contributed by atoms with van der Waals surface area (Å²) in [6, 6.07) is 0. The van der Waals surface area contributed by atoms with Crippen LogP contribution in [0.1, 0.15) is 52.9 Å². The highest BCUT2D eigenvalue weighted by Gasteiger charge is 2.36. The number of hydrogen-bond acceptors (Lipinski definition) is 2. The second-order valence-electron chi connectivity index (χ2n) is 6.40. The van der Waals surface area contributed by atoms with E-state index in [1.54, 1.807) is 0 Å². The molecule has 3 unspecified atom stereocenters. The van der Waals surface area contributed by atoms with E-state index in [1.807, 2.05) is 13.0 Å². The molecule has 3 N–H and O–H groups in total. The Labute approximate surface area is 116 Å². The van der Waals surface area contributed by atoms with Crippen LogP contribution in [0.15, 0.2) is 23.4 Å². The highest BCUT2D eigenvalue weighted by Crippen LogP contribution is 2.38. The minimum atomic E-state index is -0.378. The van der Waals surface area contributed by atoms with Gasteiger partial charge in [-0.1, -0.05) is 26.0 Å². The number of nitrogens with one attached hydrogen (secondary N) is 1. The standard InChI is InChI=1S/C16H26N2O/c1-4-7-16(17)10-12(3)8-11(2)9-14-13(16)5-6-15(19)18-14/h4,7,11-12H,5-6,8-10,17H2,1-3H3,(H,18,19)/b7-4+. The monoisotopic (exact) mass is 262 g/mol. The van der Waals surface area contributed by atoms with Crippen molar-refractivity contribution >= 4 is 5.91 Å². The second kappa shape index (κ2) is 5.49. The lowest BCUT2D eigenvalue weighted by Crippen LogP contribution is -2.47. The first-order valence-corrected chi connectivity index (χ1v) is 7.39. The Morgan fingerprint density at radius 1 is 1.32 bits per heavy atom. The molecule has 1 heterocycles. The summed E-state index contributed by atoms with van der Waals surface area (Å²) in [6.07, 6.45) is 8.62. The van der Waals surface area contributed by atoms with Gasteiger partial charge in [0.2, 0.25) is 5.91 Å². The SMILES string of the molecule is C/C=C/C1(N)CC(C)CC(C)CC2=C1CCC(=O)N2. The van der Waals surface area contributed by atoms with Crippen molar-refractivity contribution in [3.05, 3.63) is 23.4 Å². The van der Waals surface area contributed by atoms with Crippen molar-refractivity contribution in [1.82, 2.24) is 5.32 Å². The fourth-order valence-corrected chi connectivity index (χ4v) is 3.75. The number of allylic oxidation sites excluding steroid dienone is 2. The predicted molar refractivity (Wildman–Crippen MR) is 78.3 cm³/mol. The van der Waals surface area contributed by atoms with Crippen molar-refractivity contribution in [2.75, 3.05) is 0 Å². The van der Waals surface area contributed by atoms with Gasteiger partial charge in [-0.05, 0) is 50.0 Å². The molecule has 0 bridgehead atoms. The van der Waals surface area contributed by atoms with Crippen LogP contribution in [0.25, 0.3) is 0 Å². The molecule has 3 atom stereocenters. The zero-order chi connectivity index (χ0) is 14.0. The van der Waals surface area contributed by atoms with Crippen LogP contribution in [-0.4, -0.2) is 11.4 Å². The maximum atomic E-state index is 11.7. The Morgan fingerprint density at radius 3 is 2.74 bits per heavy atom. The quantitative estimate of drug-likeness (QED) is 0.714. The van der Waals surface area contributed by atoms with Gasteiger partial charge in [0.05, 0.1) is 5.54 Å². The Kier molecular flexibility index (Phi) is 4.14.